The predicted octanol–water partition coefficient (Wildman–Crippen LogP) is 2.60. The Balaban J connectivity index is 1.70. The summed E-state index contributed by atoms with van der Waals surface area (Å²) in [4.78, 5) is 11.0. The summed E-state index contributed by atoms with van der Waals surface area (Å²) in [6.07, 6.45) is 5.17. The summed E-state index contributed by atoms with van der Waals surface area (Å²) < 4.78 is 27.2. The van der Waals surface area contributed by atoms with E-state index in [9.17, 15) is 8.42 Å². The lowest BCUT2D eigenvalue weighted by atomic mass is 10.1. The fourth-order valence-corrected chi connectivity index (χ4v) is 3.92. The molecule has 1 aliphatic rings. The topological polar surface area (TPSA) is 75.2 Å². The van der Waals surface area contributed by atoms with Gasteiger partial charge in [-0.2, -0.15) is 0 Å². The minimum Gasteiger partial charge on any atom is -0.341 e. The molecule has 8 heteroatoms. The maximum Gasteiger partial charge on any atom is 0.240 e. The molecule has 1 aliphatic heterocycles. The van der Waals surface area contributed by atoms with E-state index in [-0.39, 0.29) is 11.4 Å². The molecule has 2 aromatic rings. The fourth-order valence-electron chi connectivity index (χ4n) is 2.62. The first-order valence-corrected chi connectivity index (χ1v) is 9.73. The van der Waals surface area contributed by atoms with E-state index >= 15 is 0 Å². The van der Waals surface area contributed by atoms with Gasteiger partial charge in [0, 0.05) is 24.3 Å². The van der Waals surface area contributed by atoms with Crippen LogP contribution in [0, 0.1) is 0 Å². The Kier molecular flexibility index (Phi) is 5.33. The number of piperidine rings is 1. The van der Waals surface area contributed by atoms with Crippen LogP contribution in [0.5, 0.6) is 0 Å². The molecule has 0 unspecified atom stereocenters. The van der Waals surface area contributed by atoms with Crippen LogP contribution in [0.4, 0.5) is 5.95 Å². The van der Waals surface area contributed by atoms with Crippen LogP contribution in [0.3, 0.4) is 0 Å². The highest BCUT2D eigenvalue weighted by Gasteiger charge is 2.16. The number of aromatic nitrogens is 2. The molecular formula is C16H19ClN4O2S. The predicted molar refractivity (Wildman–Crippen MR) is 93.6 cm³/mol. The van der Waals surface area contributed by atoms with E-state index in [1.165, 1.54) is 18.6 Å². The summed E-state index contributed by atoms with van der Waals surface area (Å²) in [5, 5.41) is 0.382. The maximum absolute atomic E-state index is 12.3. The molecule has 2 heterocycles. The van der Waals surface area contributed by atoms with Crippen molar-refractivity contribution in [3.05, 3.63) is 47.2 Å². The summed E-state index contributed by atoms with van der Waals surface area (Å²) in [7, 11) is -3.63. The van der Waals surface area contributed by atoms with Crippen LogP contribution in [0.1, 0.15) is 25.0 Å². The lowest BCUT2D eigenvalue weighted by molar-refractivity contribution is 0.566. The molecule has 0 aliphatic carbocycles. The summed E-state index contributed by atoms with van der Waals surface area (Å²) in [6, 6.07) is 7.89. The van der Waals surface area contributed by atoms with E-state index in [4.69, 9.17) is 11.6 Å². The van der Waals surface area contributed by atoms with Crippen LogP contribution >= 0.6 is 11.6 Å². The van der Waals surface area contributed by atoms with E-state index in [1.807, 2.05) is 0 Å². The summed E-state index contributed by atoms with van der Waals surface area (Å²) >= 11 is 5.86. The molecule has 1 fully saturated rings. The molecule has 0 saturated carbocycles. The van der Waals surface area contributed by atoms with E-state index in [0.29, 0.717) is 16.7 Å². The minimum absolute atomic E-state index is 0.109. The quantitative estimate of drug-likeness (QED) is 0.880. The highest BCUT2D eigenvalue weighted by molar-refractivity contribution is 7.89. The van der Waals surface area contributed by atoms with E-state index < -0.39 is 10.0 Å². The smallest absolute Gasteiger partial charge is 0.240 e. The number of rotatable bonds is 5. The van der Waals surface area contributed by atoms with Gasteiger partial charge in [0.2, 0.25) is 16.0 Å². The second-order valence-electron chi connectivity index (χ2n) is 5.68. The molecule has 128 valence electrons. The monoisotopic (exact) mass is 366 g/mol. The molecule has 0 radical (unpaired) electrons. The molecular weight excluding hydrogens is 348 g/mol. The van der Waals surface area contributed by atoms with Gasteiger partial charge in [0.15, 0.2) is 0 Å². The standard InChI is InChI=1S/C16H19ClN4O2S/c17-13-5-4-6-15(11-13)24(22,23)19-12-14-7-8-18-16(20-14)21-9-2-1-3-10-21/h4-8,11,19H,1-3,9-10,12H2. The summed E-state index contributed by atoms with van der Waals surface area (Å²) in [5.41, 5.74) is 0.635. The highest BCUT2D eigenvalue weighted by atomic mass is 35.5. The van der Waals surface area contributed by atoms with Gasteiger partial charge in [-0.3, -0.25) is 0 Å². The molecule has 0 atom stereocenters. The van der Waals surface area contributed by atoms with E-state index in [2.05, 4.69) is 19.6 Å². The van der Waals surface area contributed by atoms with Gasteiger partial charge in [0.1, 0.15) is 0 Å². The highest BCUT2D eigenvalue weighted by Crippen LogP contribution is 2.17. The zero-order valence-electron chi connectivity index (χ0n) is 13.2. The number of nitrogens with zero attached hydrogens (tertiary/aromatic N) is 3. The first-order chi connectivity index (χ1) is 11.5. The second kappa shape index (κ2) is 7.46. The van der Waals surface area contributed by atoms with Gasteiger partial charge < -0.3 is 4.90 Å². The van der Waals surface area contributed by atoms with Crippen molar-refractivity contribution in [3.8, 4) is 0 Å². The number of sulfonamides is 1. The molecule has 0 amide bonds. The van der Waals surface area contributed by atoms with Gasteiger partial charge in [-0.05, 0) is 43.5 Å². The first-order valence-electron chi connectivity index (χ1n) is 7.87. The molecule has 1 aromatic heterocycles. The Hall–Kier alpha value is -1.70. The summed E-state index contributed by atoms with van der Waals surface area (Å²) in [6.45, 7) is 1.99. The third kappa shape index (κ3) is 4.23. The average molecular weight is 367 g/mol. The summed E-state index contributed by atoms with van der Waals surface area (Å²) in [5.74, 6) is 0.661. The first kappa shape index (κ1) is 17.1. The number of hydrogen-bond acceptors (Lipinski definition) is 5. The van der Waals surface area contributed by atoms with Crippen LogP contribution in [0.25, 0.3) is 0 Å². The lowest BCUT2D eigenvalue weighted by Crippen LogP contribution is -2.31. The van der Waals surface area contributed by atoms with Crippen LogP contribution in [-0.4, -0.2) is 31.5 Å². The Morgan fingerprint density at radius 1 is 1.17 bits per heavy atom. The Morgan fingerprint density at radius 3 is 2.71 bits per heavy atom. The van der Waals surface area contributed by atoms with Crippen molar-refractivity contribution in [1.29, 1.82) is 0 Å². The van der Waals surface area contributed by atoms with Crippen LogP contribution < -0.4 is 9.62 Å². The van der Waals surface area contributed by atoms with E-state index in [0.717, 1.165) is 25.9 Å². The number of nitrogens with one attached hydrogen (secondary N) is 1. The number of hydrogen-bond donors (Lipinski definition) is 1. The second-order valence-corrected chi connectivity index (χ2v) is 7.88. The molecule has 6 nitrogen and oxygen atoms in total. The van der Waals surface area contributed by atoms with Gasteiger partial charge in [-0.15, -0.1) is 0 Å². The van der Waals surface area contributed by atoms with Crippen molar-refractivity contribution in [1.82, 2.24) is 14.7 Å². The molecule has 1 N–H and O–H groups in total. The molecule has 0 spiro atoms. The van der Waals surface area contributed by atoms with Crippen molar-refractivity contribution in [2.75, 3.05) is 18.0 Å². The largest absolute Gasteiger partial charge is 0.341 e. The average Bonchev–Trinajstić information content (AvgIpc) is 2.61. The number of benzene rings is 1. The zero-order chi connectivity index (χ0) is 17.0. The molecule has 0 bridgehead atoms. The molecule has 1 aromatic carbocycles. The minimum atomic E-state index is -3.63. The van der Waals surface area contributed by atoms with Gasteiger partial charge in [0.25, 0.3) is 0 Å². The Labute approximate surface area is 146 Å². The van der Waals surface area contributed by atoms with Crippen molar-refractivity contribution < 1.29 is 8.42 Å². The number of anilines is 1. The van der Waals surface area contributed by atoms with Gasteiger partial charge in [0.05, 0.1) is 17.1 Å². The third-order valence-electron chi connectivity index (χ3n) is 3.89. The van der Waals surface area contributed by atoms with Crippen molar-refractivity contribution in [2.24, 2.45) is 0 Å². The molecule has 3 rings (SSSR count). The van der Waals surface area contributed by atoms with Crippen molar-refractivity contribution in [2.45, 2.75) is 30.7 Å². The molecule has 1 saturated heterocycles. The Bertz CT molecular complexity index is 807. The van der Waals surface area contributed by atoms with Crippen LogP contribution in [0.2, 0.25) is 5.02 Å². The maximum atomic E-state index is 12.3. The number of halogens is 1. The zero-order valence-corrected chi connectivity index (χ0v) is 14.7. The van der Waals surface area contributed by atoms with Gasteiger partial charge >= 0.3 is 0 Å². The van der Waals surface area contributed by atoms with Crippen molar-refractivity contribution >= 4 is 27.6 Å². The van der Waals surface area contributed by atoms with Gasteiger partial charge in [-0.1, -0.05) is 17.7 Å². The van der Waals surface area contributed by atoms with Gasteiger partial charge in [-0.25, -0.2) is 23.1 Å². The fraction of sp³-hybridized carbons (Fsp3) is 0.375. The van der Waals surface area contributed by atoms with E-state index in [1.54, 1.807) is 24.4 Å². The SMILES string of the molecule is O=S(=O)(NCc1ccnc(N2CCCCC2)n1)c1cccc(Cl)c1. The third-order valence-corrected chi connectivity index (χ3v) is 5.52. The Morgan fingerprint density at radius 2 is 1.96 bits per heavy atom. The lowest BCUT2D eigenvalue weighted by Gasteiger charge is -2.26. The van der Waals surface area contributed by atoms with Crippen LogP contribution in [-0.2, 0) is 16.6 Å². The normalized spacial score (nSPS) is 15.5. The van der Waals surface area contributed by atoms with Crippen LogP contribution in [0.15, 0.2) is 41.4 Å². The molecule has 24 heavy (non-hydrogen) atoms. The van der Waals surface area contributed by atoms with Crippen molar-refractivity contribution in [3.63, 3.8) is 0 Å².